The molecular weight excluding hydrogens is 260 g/mol. The average molecular weight is 276 g/mol. The molecule has 1 aromatic carbocycles. The van der Waals surface area contributed by atoms with E-state index in [-0.39, 0.29) is 5.91 Å². The maximum atomic E-state index is 11.6. The highest BCUT2D eigenvalue weighted by Gasteiger charge is 2.09. The number of benzene rings is 1. The van der Waals surface area contributed by atoms with Gasteiger partial charge in [-0.05, 0) is 26.0 Å². The van der Waals surface area contributed by atoms with Crippen LogP contribution >= 0.6 is 11.3 Å². The summed E-state index contributed by atoms with van der Waals surface area (Å²) in [5.41, 5.74) is 1.65. The van der Waals surface area contributed by atoms with Gasteiger partial charge in [0, 0.05) is 11.9 Å². The number of thiazole rings is 1. The van der Waals surface area contributed by atoms with Gasteiger partial charge < -0.3 is 10.1 Å². The van der Waals surface area contributed by atoms with Crippen molar-refractivity contribution in [3.05, 3.63) is 45.9 Å². The van der Waals surface area contributed by atoms with Crippen LogP contribution in [-0.2, 0) is 6.61 Å². The van der Waals surface area contributed by atoms with Gasteiger partial charge in [-0.15, -0.1) is 11.3 Å². The lowest BCUT2D eigenvalue weighted by atomic mass is 10.2. The fourth-order valence-corrected chi connectivity index (χ4v) is 2.20. The van der Waals surface area contributed by atoms with Crippen molar-refractivity contribution in [1.29, 1.82) is 0 Å². The zero-order valence-electron chi connectivity index (χ0n) is 11.0. The third-order valence-corrected chi connectivity index (χ3v) is 3.33. The van der Waals surface area contributed by atoms with Crippen molar-refractivity contribution in [3.8, 4) is 5.75 Å². The molecule has 0 aliphatic carbocycles. The van der Waals surface area contributed by atoms with Gasteiger partial charge in [-0.25, -0.2) is 4.98 Å². The van der Waals surface area contributed by atoms with E-state index in [1.807, 2.05) is 38.1 Å². The highest BCUT2D eigenvalue weighted by molar-refractivity contribution is 7.09. The van der Waals surface area contributed by atoms with Gasteiger partial charge >= 0.3 is 0 Å². The van der Waals surface area contributed by atoms with Crippen molar-refractivity contribution < 1.29 is 9.53 Å². The van der Waals surface area contributed by atoms with E-state index in [4.69, 9.17) is 4.74 Å². The number of carbonyl (C=O) groups excluding carboxylic acids is 1. The number of rotatable bonds is 5. The zero-order valence-corrected chi connectivity index (χ0v) is 11.8. The first-order chi connectivity index (χ1) is 9.19. The largest absolute Gasteiger partial charge is 0.486 e. The van der Waals surface area contributed by atoms with Crippen molar-refractivity contribution >= 4 is 17.2 Å². The Hall–Kier alpha value is -1.88. The Kier molecular flexibility index (Phi) is 4.52. The topological polar surface area (TPSA) is 51.2 Å². The fraction of sp³-hybridized carbons (Fsp3) is 0.286. The minimum absolute atomic E-state index is 0.139. The Morgan fingerprint density at radius 2 is 2.11 bits per heavy atom. The van der Waals surface area contributed by atoms with E-state index in [1.54, 1.807) is 5.38 Å². The summed E-state index contributed by atoms with van der Waals surface area (Å²) in [6, 6.07) is 7.84. The normalized spacial score (nSPS) is 10.2. The van der Waals surface area contributed by atoms with Crippen LogP contribution in [0.25, 0.3) is 0 Å². The second-order valence-corrected chi connectivity index (χ2v) is 5.03. The van der Waals surface area contributed by atoms with Crippen LogP contribution in [0.5, 0.6) is 5.75 Å². The van der Waals surface area contributed by atoms with Crippen LogP contribution in [0, 0.1) is 6.92 Å². The van der Waals surface area contributed by atoms with E-state index >= 15 is 0 Å². The minimum Gasteiger partial charge on any atom is -0.486 e. The summed E-state index contributed by atoms with van der Waals surface area (Å²) < 4.78 is 5.62. The lowest BCUT2D eigenvalue weighted by Crippen LogP contribution is -2.22. The number of amides is 1. The van der Waals surface area contributed by atoms with Crippen LogP contribution in [0.1, 0.15) is 28.0 Å². The molecule has 0 unspecified atom stereocenters. The van der Waals surface area contributed by atoms with Crippen LogP contribution in [0.3, 0.4) is 0 Å². The maximum absolute atomic E-state index is 11.6. The van der Waals surface area contributed by atoms with Crippen molar-refractivity contribution in [1.82, 2.24) is 10.3 Å². The van der Waals surface area contributed by atoms with Crippen molar-refractivity contribution in [3.63, 3.8) is 0 Å². The molecule has 0 spiro atoms. The zero-order chi connectivity index (χ0) is 13.7. The average Bonchev–Trinajstić information content (AvgIpc) is 2.87. The number of aromatic nitrogens is 1. The van der Waals surface area contributed by atoms with Crippen molar-refractivity contribution in [2.75, 3.05) is 6.54 Å². The van der Waals surface area contributed by atoms with E-state index in [0.717, 1.165) is 10.8 Å². The van der Waals surface area contributed by atoms with Gasteiger partial charge in [-0.3, -0.25) is 4.79 Å². The smallest absolute Gasteiger partial charge is 0.270 e. The molecule has 0 saturated heterocycles. The van der Waals surface area contributed by atoms with Crippen molar-refractivity contribution in [2.45, 2.75) is 20.5 Å². The number of nitrogens with zero attached hydrogens (tertiary/aromatic N) is 1. The second kappa shape index (κ2) is 6.33. The molecule has 0 atom stereocenters. The molecule has 0 fully saturated rings. The summed E-state index contributed by atoms with van der Waals surface area (Å²) in [6.45, 7) is 4.90. The molecule has 0 aliphatic heterocycles. The number of aryl methyl sites for hydroxylation is 1. The standard InChI is InChI=1S/C14H16N2O2S/c1-3-15-14(17)12-9-19-13(16-12)8-18-11-6-4-10(2)5-7-11/h4-7,9H,3,8H2,1-2H3,(H,15,17). The van der Waals surface area contributed by atoms with Gasteiger partial charge in [0.1, 0.15) is 23.1 Å². The summed E-state index contributed by atoms with van der Waals surface area (Å²) in [7, 11) is 0. The summed E-state index contributed by atoms with van der Waals surface area (Å²) in [5.74, 6) is 0.667. The Labute approximate surface area is 116 Å². The Balaban J connectivity index is 1.93. The molecular formula is C14H16N2O2S. The Morgan fingerprint density at radius 3 is 2.79 bits per heavy atom. The lowest BCUT2D eigenvalue weighted by molar-refractivity contribution is 0.0951. The summed E-state index contributed by atoms with van der Waals surface area (Å²) in [5, 5.41) is 5.26. The molecule has 2 rings (SSSR count). The van der Waals surface area contributed by atoms with Gasteiger partial charge in [-0.1, -0.05) is 17.7 Å². The van der Waals surface area contributed by atoms with Crippen LogP contribution in [0.15, 0.2) is 29.6 Å². The summed E-state index contributed by atoms with van der Waals surface area (Å²) in [6.07, 6.45) is 0. The molecule has 0 bridgehead atoms. The molecule has 0 saturated carbocycles. The van der Waals surface area contributed by atoms with Crippen LogP contribution in [-0.4, -0.2) is 17.4 Å². The second-order valence-electron chi connectivity index (χ2n) is 4.09. The first-order valence-corrected chi connectivity index (χ1v) is 6.99. The van der Waals surface area contributed by atoms with Gasteiger partial charge in [0.2, 0.25) is 0 Å². The van der Waals surface area contributed by atoms with E-state index in [9.17, 15) is 4.79 Å². The molecule has 0 aliphatic rings. The van der Waals surface area contributed by atoms with Gasteiger partial charge in [0.15, 0.2) is 0 Å². The van der Waals surface area contributed by atoms with Gasteiger partial charge in [-0.2, -0.15) is 0 Å². The number of nitrogens with one attached hydrogen (secondary N) is 1. The molecule has 1 N–H and O–H groups in total. The maximum Gasteiger partial charge on any atom is 0.270 e. The molecule has 2 aromatic rings. The van der Waals surface area contributed by atoms with E-state index in [1.165, 1.54) is 16.9 Å². The Morgan fingerprint density at radius 1 is 1.37 bits per heavy atom. The molecule has 4 nitrogen and oxygen atoms in total. The predicted octanol–water partition coefficient (Wildman–Crippen LogP) is 2.78. The van der Waals surface area contributed by atoms with Crippen LogP contribution in [0.4, 0.5) is 0 Å². The molecule has 1 amide bonds. The van der Waals surface area contributed by atoms with E-state index < -0.39 is 0 Å². The number of carbonyl (C=O) groups is 1. The molecule has 100 valence electrons. The van der Waals surface area contributed by atoms with E-state index in [0.29, 0.717) is 18.8 Å². The quantitative estimate of drug-likeness (QED) is 0.913. The molecule has 1 heterocycles. The molecule has 5 heteroatoms. The van der Waals surface area contributed by atoms with Crippen LogP contribution < -0.4 is 10.1 Å². The first kappa shape index (κ1) is 13.5. The summed E-state index contributed by atoms with van der Waals surface area (Å²) >= 11 is 1.43. The minimum atomic E-state index is -0.139. The van der Waals surface area contributed by atoms with Gasteiger partial charge in [0.25, 0.3) is 5.91 Å². The third-order valence-electron chi connectivity index (χ3n) is 2.51. The van der Waals surface area contributed by atoms with Gasteiger partial charge in [0.05, 0.1) is 0 Å². The van der Waals surface area contributed by atoms with E-state index in [2.05, 4.69) is 10.3 Å². The lowest BCUT2D eigenvalue weighted by Gasteiger charge is -2.03. The molecule has 1 aromatic heterocycles. The molecule has 19 heavy (non-hydrogen) atoms. The first-order valence-electron chi connectivity index (χ1n) is 6.11. The van der Waals surface area contributed by atoms with Crippen molar-refractivity contribution in [2.24, 2.45) is 0 Å². The monoisotopic (exact) mass is 276 g/mol. The number of ether oxygens (including phenoxy) is 1. The number of hydrogen-bond donors (Lipinski definition) is 1. The fourth-order valence-electron chi connectivity index (χ4n) is 1.51. The third kappa shape index (κ3) is 3.79. The summed E-state index contributed by atoms with van der Waals surface area (Å²) in [4.78, 5) is 15.8. The van der Waals surface area contributed by atoms with Crippen LogP contribution in [0.2, 0.25) is 0 Å². The SMILES string of the molecule is CCNC(=O)c1csc(COc2ccc(C)cc2)n1. The Bertz CT molecular complexity index is 549. The number of hydrogen-bond acceptors (Lipinski definition) is 4. The highest BCUT2D eigenvalue weighted by atomic mass is 32.1. The predicted molar refractivity (Wildman–Crippen MR) is 75.6 cm³/mol. The highest BCUT2D eigenvalue weighted by Crippen LogP contribution is 2.16. The molecule has 0 radical (unpaired) electrons.